The van der Waals surface area contributed by atoms with Crippen molar-refractivity contribution in [2.75, 3.05) is 13.2 Å². The van der Waals surface area contributed by atoms with Crippen molar-refractivity contribution in [3.63, 3.8) is 0 Å². The van der Waals surface area contributed by atoms with Crippen LogP contribution in [-0.2, 0) is 19.1 Å². The van der Waals surface area contributed by atoms with Crippen molar-refractivity contribution in [3.05, 3.63) is 0 Å². The number of carbonyl (C=O) groups is 2. The number of carbonyl (C=O) groups excluding carboxylic acids is 2. The van der Waals surface area contributed by atoms with Gasteiger partial charge in [-0.15, -0.1) is 0 Å². The van der Waals surface area contributed by atoms with Gasteiger partial charge in [0.05, 0.1) is 12.2 Å². The third-order valence-corrected chi connectivity index (χ3v) is 6.96. The van der Waals surface area contributed by atoms with E-state index in [1.54, 1.807) is 6.92 Å². The maximum absolute atomic E-state index is 12.7. The van der Waals surface area contributed by atoms with E-state index in [1.807, 2.05) is 6.92 Å². The van der Waals surface area contributed by atoms with Gasteiger partial charge >= 0.3 is 5.97 Å². The molecule has 4 nitrogen and oxygen atoms in total. The maximum atomic E-state index is 12.7. The van der Waals surface area contributed by atoms with Gasteiger partial charge in [0.2, 0.25) is 0 Å². The molecule has 2 saturated carbocycles. The number of ketones is 1. The fraction of sp³-hybridized carbons (Fsp3) is 0.889. The first kappa shape index (κ1) is 16.0. The molecule has 1 heterocycles. The van der Waals surface area contributed by atoms with E-state index in [-0.39, 0.29) is 28.7 Å². The molecule has 0 aromatic carbocycles. The molecule has 124 valence electrons. The second kappa shape index (κ2) is 5.05. The minimum absolute atomic E-state index is 0.0150. The monoisotopic (exact) mass is 308 g/mol. The zero-order valence-electron chi connectivity index (χ0n) is 14.2. The Morgan fingerprint density at radius 2 is 1.95 bits per heavy atom. The molecule has 0 N–H and O–H groups in total. The zero-order chi connectivity index (χ0) is 16.2. The lowest BCUT2D eigenvalue weighted by Crippen LogP contribution is -2.61. The van der Waals surface area contributed by atoms with Gasteiger partial charge in [-0.25, -0.2) is 0 Å². The lowest BCUT2D eigenvalue weighted by atomic mass is 9.45. The molecule has 0 spiro atoms. The summed E-state index contributed by atoms with van der Waals surface area (Å²) >= 11 is 0. The lowest BCUT2D eigenvalue weighted by Gasteiger charge is -2.59. The zero-order valence-corrected chi connectivity index (χ0v) is 14.2. The Kier molecular flexibility index (Phi) is 3.67. The smallest absolute Gasteiger partial charge is 0.319 e. The molecule has 0 aromatic rings. The van der Waals surface area contributed by atoms with Crippen LogP contribution in [0.5, 0.6) is 0 Å². The van der Waals surface area contributed by atoms with Gasteiger partial charge in [0.25, 0.3) is 0 Å². The second-order valence-corrected chi connectivity index (χ2v) is 7.95. The third-order valence-electron chi connectivity index (χ3n) is 6.96. The fourth-order valence-corrected chi connectivity index (χ4v) is 5.76. The summed E-state index contributed by atoms with van der Waals surface area (Å²) in [6.45, 7) is 9.25. The summed E-state index contributed by atoms with van der Waals surface area (Å²) in [5.74, 6) is 0.245. The standard InChI is InChI=1S/C18H28O4/c1-5-21-15(20)18(4)13-6-10-17(3)12(8-11-22-17)16(13,2)9-7-14(18)19/h12-13H,5-11H2,1-4H3/t12-,13-,16-,17-,18-/m0/s1. The molecule has 0 amide bonds. The molecule has 0 bridgehead atoms. The van der Waals surface area contributed by atoms with Crippen LogP contribution < -0.4 is 0 Å². The number of fused-ring (bicyclic) bond motifs is 3. The SMILES string of the molecule is CCOC(=O)[C@]1(C)C(=O)CC[C@]2(C)[C@@H]1CC[C@]1(C)OCC[C@@H]21. The van der Waals surface area contributed by atoms with Crippen LogP contribution >= 0.6 is 0 Å². The Bertz CT molecular complexity index is 501. The topological polar surface area (TPSA) is 52.6 Å². The Labute approximate surface area is 132 Å². The molecule has 0 unspecified atom stereocenters. The molecule has 2 aliphatic carbocycles. The van der Waals surface area contributed by atoms with Crippen LogP contribution in [-0.4, -0.2) is 30.6 Å². The van der Waals surface area contributed by atoms with E-state index in [1.165, 1.54) is 0 Å². The largest absolute Gasteiger partial charge is 0.465 e. The van der Waals surface area contributed by atoms with Crippen molar-refractivity contribution in [1.29, 1.82) is 0 Å². The normalized spacial score (nSPS) is 47.7. The average molecular weight is 308 g/mol. The summed E-state index contributed by atoms with van der Waals surface area (Å²) in [4.78, 5) is 25.3. The van der Waals surface area contributed by atoms with Gasteiger partial charge in [-0.05, 0) is 63.7 Å². The van der Waals surface area contributed by atoms with Crippen LogP contribution in [0.15, 0.2) is 0 Å². The molecule has 0 radical (unpaired) electrons. The van der Waals surface area contributed by atoms with Crippen molar-refractivity contribution >= 4 is 11.8 Å². The Morgan fingerprint density at radius 3 is 2.64 bits per heavy atom. The number of hydrogen-bond acceptors (Lipinski definition) is 4. The molecule has 3 rings (SSSR count). The van der Waals surface area contributed by atoms with Crippen molar-refractivity contribution in [3.8, 4) is 0 Å². The van der Waals surface area contributed by atoms with Crippen molar-refractivity contribution in [1.82, 2.24) is 0 Å². The number of rotatable bonds is 2. The predicted octanol–water partition coefficient (Wildman–Crippen LogP) is 3.13. The van der Waals surface area contributed by atoms with Gasteiger partial charge in [-0.1, -0.05) is 6.92 Å². The molecular weight excluding hydrogens is 280 g/mol. The molecule has 0 aromatic heterocycles. The van der Waals surface area contributed by atoms with Gasteiger partial charge in [-0.3, -0.25) is 9.59 Å². The van der Waals surface area contributed by atoms with Gasteiger partial charge in [0.1, 0.15) is 11.2 Å². The molecule has 22 heavy (non-hydrogen) atoms. The summed E-state index contributed by atoms with van der Waals surface area (Å²) in [6.07, 6.45) is 4.19. The number of Topliss-reactive ketones (excluding diaryl/α,β-unsaturated/α-hetero) is 1. The van der Waals surface area contributed by atoms with Gasteiger partial charge in [0.15, 0.2) is 0 Å². The van der Waals surface area contributed by atoms with Gasteiger partial charge in [-0.2, -0.15) is 0 Å². The van der Waals surface area contributed by atoms with Crippen LogP contribution in [0.3, 0.4) is 0 Å². The van der Waals surface area contributed by atoms with E-state index >= 15 is 0 Å². The van der Waals surface area contributed by atoms with E-state index in [0.29, 0.717) is 18.9 Å². The van der Waals surface area contributed by atoms with Crippen LogP contribution in [0.1, 0.15) is 59.8 Å². The van der Waals surface area contributed by atoms with E-state index < -0.39 is 5.41 Å². The number of ether oxygens (including phenoxy) is 2. The summed E-state index contributed by atoms with van der Waals surface area (Å²) in [7, 11) is 0. The van der Waals surface area contributed by atoms with Crippen molar-refractivity contribution < 1.29 is 19.1 Å². The van der Waals surface area contributed by atoms with E-state index in [2.05, 4.69) is 13.8 Å². The first-order valence-corrected chi connectivity index (χ1v) is 8.63. The quantitative estimate of drug-likeness (QED) is 0.581. The highest BCUT2D eigenvalue weighted by molar-refractivity contribution is 6.04. The molecule has 1 aliphatic heterocycles. The Balaban J connectivity index is 2.01. The molecule has 3 fully saturated rings. The maximum Gasteiger partial charge on any atom is 0.319 e. The lowest BCUT2D eigenvalue weighted by molar-refractivity contribution is -0.187. The Hall–Kier alpha value is -0.900. The average Bonchev–Trinajstić information content (AvgIpc) is 2.87. The minimum Gasteiger partial charge on any atom is -0.465 e. The summed E-state index contributed by atoms with van der Waals surface area (Å²) in [5.41, 5.74) is -1.08. The molecular formula is C18H28O4. The van der Waals surface area contributed by atoms with E-state index in [9.17, 15) is 9.59 Å². The Morgan fingerprint density at radius 1 is 1.23 bits per heavy atom. The molecule has 5 atom stereocenters. The highest BCUT2D eigenvalue weighted by atomic mass is 16.5. The number of esters is 1. The molecule has 1 saturated heterocycles. The molecule has 4 heteroatoms. The predicted molar refractivity (Wildman–Crippen MR) is 82.3 cm³/mol. The third kappa shape index (κ3) is 1.92. The van der Waals surface area contributed by atoms with E-state index in [4.69, 9.17) is 9.47 Å². The van der Waals surface area contributed by atoms with Gasteiger partial charge in [0, 0.05) is 13.0 Å². The first-order chi connectivity index (χ1) is 10.3. The highest BCUT2D eigenvalue weighted by Crippen LogP contribution is 2.64. The van der Waals surface area contributed by atoms with Crippen LogP contribution in [0.25, 0.3) is 0 Å². The van der Waals surface area contributed by atoms with Crippen LogP contribution in [0.2, 0.25) is 0 Å². The molecule has 3 aliphatic rings. The van der Waals surface area contributed by atoms with Crippen molar-refractivity contribution in [2.45, 2.75) is 65.4 Å². The summed E-state index contributed by atoms with van der Waals surface area (Å²) in [6, 6.07) is 0. The van der Waals surface area contributed by atoms with Crippen molar-refractivity contribution in [2.24, 2.45) is 22.7 Å². The highest BCUT2D eigenvalue weighted by Gasteiger charge is 2.66. The van der Waals surface area contributed by atoms with Gasteiger partial charge < -0.3 is 9.47 Å². The summed E-state index contributed by atoms with van der Waals surface area (Å²) < 4.78 is 11.4. The van der Waals surface area contributed by atoms with Crippen LogP contribution in [0.4, 0.5) is 0 Å². The first-order valence-electron chi connectivity index (χ1n) is 8.63. The summed E-state index contributed by atoms with van der Waals surface area (Å²) in [5, 5.41) is 0. The van der Waals surface area contributed by atoms with Crippen LogP contribution in [0, 0.1) is 22.7 Å². The minimum atomic E-state index is -0.979. The fourth-order valence-electron chi connectivity index (χ4n) is 5.76. The second-order valence-electron chi connectivity index (χ2n) is 7.95. The van der Waals surface area contributed by atoms with E-state index in [0.717, 1.165) is 32.3 Å². The number of hydrogen-bond donors (Lipinski definition) is 0.